The molecule has 1 N–H and O–H groups in total. The summed E-state index contributed by atoms with van der Waals surface area (Å²) >= 11 is 0. The van der Waals surface area contributed by atoms with Gasteiger partial charge in [0.25, 0.3) is 0 Å². The molecule has 0 bridgehead atoms. The lowest BCUT2D eigenvalue weighted by molar-refractivity contribution is 1.54. The van der Waals surface area contributed by atoms with E-state index in [4.69, 9.17) is 0 Å². The first-order valence-electron chi connectivity index (χ1n) is 7.89. The van der Waals surface area contributed by atoms with E-state index in [0.29, 0.717) is 0 Å². The predicted octanol–water partition coefficient (Wildman–Crippen LogP) is 6.14. The third kappa shape index (κ3) is 1.80. The van der Waals surface area contributed by atoms with Crippen molar-refractivity contribution in [1.82, 2.24) is 4.98 Å². The van der Waals surface area contributed by atoms with Crippen LogP contribution in [0.4, 0.5) is 0 Å². The Morgan fingerprint density at radius 3 is 2.13 bits per heavy atom. The zero-order valence-corrected chi connectivity index (χ0v) is 12.6. The lowest BCUT2D eigenvalue weighted by Crippen LogP contribution is -1.84. The minimum atomic E-state index is 1.19. The van der Waals surface area contributed by atoms with Crippen molar-refractivity contribution in [3.8, 4) is 11.1 Å². The van der Waals surface area contributed by atoms with Gasteiger partial charge >= 0.3 is 0 Å². The molecule has 4 aromatic carbocycles. The first-order chi connectivity index (χ1) is 11.4. The zero-order valence-electron chi connectivity index (χ0n) is 12.6. The number of aromatic nitrogens is 1. The number of aromatic amines is 1. The molecule has 0 unspecified atom stereocenters. The highest BCUT2D eigenvalue weighted by Crippen LogP contribution is 2.38. The van der Waals surface area contributed by atoms with Gasteiger partial charge in [-0.05, 0) is 28.5 Å². The molecular formula is C22H15N. The van der Waals surface area contributed by atoms with E-state index in [0.717, 1.165) is 0 Å². The van der Waals surface area contributed by atoms with E-state index in [2.05, 4.69) is 89.9 Å². The van der Waals surface area contributed by atoms with Gasteiger partial charge in [-0.25, -0.2) is 0 Å². The van der Waals surface area contributed by atoms with Crippen LogP contribution in [0.5, 0.6) is 0 Å². The fraction of sp³-hybridized carbons (Fsp3) is 0. The van der Waals surface area contributed by atoms with Gasteiger partial charge in [0.2, 0.25) is 0 Å². The summed E-state index contributed by atoms with van der Waals surface area (Å²) in [6, 6.07) is 30.1. The van der Waals surface area contributed by atoms with Crippen LogP contribution in [0.2, 0.25) is 0 Å². The number of benzene rings is 4. The van der Waals surface area contributed by atoms with Gasteiger partial charge in [-0.3, -0.25) is 0 Å². The summed E-state index contributed by atoms with van der Waals surface area (Å²) in [5.41, 5.74) is 4.95. The van der Waals surface area contributed by atoms with E-state index in [1.807, 2.05) is 0 Å². The molecule has 1 heteroatoms. The van der Waals surface area contributed by atoms with Crippen molar-refractivity contribution in [2.75, 3.05) is 0 Å². The maximum absolute atomic E-state index is 3.64. The largest absolute Gasteiger partial charge is 0.354 e. The average Bonchev–Trinajstić information content (AvgIpc) is 2.98. The highest BCUT2D eigenvalue weighted by Gasteiger charge is 2.13. The van der Waals surface area contributed by atoms with Crippen molar-refractivity contribution in [3.05, 3.63) is 84.9 Å². The van der Waals surface area contributed by atoms with Crippen LogP contribution in [0.3, 0.4) is 0 Å². The SMILES string of the molecule is c1ccc(-c2c3ccccc3cc3c2[nH]c2ccccc23)cc1. The smallest absolute Gasteiger partial charge is 0.0551 e. The Hall–Kier alpha value is -3.06. The molecule has 23 heavy (non-hydrogen) atoms. The van der Waals surface area contributed by atoms with E-state index in [1.54, 1.807) is 0 Å². The second-order valence-corrected chi connectivity index (χ2v) is 5.93. The van der Waals surface area contributed by atoms with Crippen LogP contribution in [-0.2, 0) is 0 Å². The standard InChI is InChI=1S/C22H15N/c1-2-8-15(9-3-1)21-17-11-5-4-10-16(17)14-19-18-12-6-7-13-20(18)23-22(19)21/h1-14,23H. The van der Waals surface area contributed by atoms with Crippen LogP contribution < -0.4 is 0 Å². The van der Waals surface area contributed by atoms with Crippen LogP contribution in [-0.4, -0.2) is 4.98 Å². The first-order valence-corrected chi connectivity index (χ1v) is 7.89. The molecule has 5 rings (SSSR count). The molecule has 0 saturated heterocycles. The highest BCUT2D eigenvalue weighted by molar-refractivity contribution is 6.19. The number of hydrogen-bond donors (Lipinski definition) is 1. The van der Waals surface area contributed by atoms with Crippen LogP contribution in [0, 0.1) is 0 Å². The summed E-state index contributed by atoms with van der Waals surface area (Å²) in [6.07, 6.45) is 0. The van der Waals surface area contributed by atoms with E-state index in [9.17, 15) is 0 Å². The molecule has 1 heterocycles. The third-order valence-electron chi connectivity index (χ3n) is 4.59. The summed E-state index contributed by atoms with van der Waals surface area (Å²) in [5.74, 6) is 0. The van der Waals surface area contributed by atoms with Gasteiger partial charge in [0.05, 0.1) is 5.52 Å². The first kappa shape index (κ1) is 12.5. The molecule has 0 aliphatic carbocycles. The van der Waals surface area contributed by atoms with Crippen molar-refractivity contribution in [2.45, 2.75) is 0 Å². The Labute approximate surface area is 134 Å². The van der Waals surface area contributed by atoms with Gasteiger partial charge in [-0.1, -0.05) is 72.8 Å². The van der Waals surface area contributed by atoms with Crippen LogP contribution in [0.15, 0.2) is 84.9 Å². The van der Waals surface area contributed by atoms with E-state index in [1.165, 1.54) is 43.7 Å². The predicted molar refractivity (Wildman–Crippen MR) is 98.7 cm³/mol. The molecule has 0 aliphatic rings. The minimum absolute atomic E-state index is 1.19. The number of nitrogens with one attached hydrogen (secondary N) is 1. The number of fused-ring (bicyclic) bond motifs is 4. The number of hydrogen-bond acceptors (Lipinski definition) is 0. The lowest BCUT2D eigenvalue weighted by Gasteiger charge is -2.09. The average molecular weight is 293 g/mol. The van der Waals surface area contributed by atoms with E-state index >= 15 is 0 Å². The van der Waals surface area contributed by atoms with Crippen molar-refractivity contribution in [3.63, 3.8) is 0 Å². The highest BCUT2D eigenvalue weighted by atomic mass is 14.7. The molecule has 0 atom stereocenters. The summed E-state index contributed by atoms with van der Waals surface area (Å²) < 4.78 is 0. The van der Waals surface area contributed by atoms with E-state index < -0.39 is 0 Å². The summed E-state index contributed by atoms with van der Waals surface area (Å²) in [5, 5.41) is 5.14. The molecular weight excluding hydrogens is 278 g/mol. The molecule has 0 saturated carbocycles. The number of H-pyrrole nitrogens is 1. The van der Waals surface area contributed by atoms with Gasteiger partial charge < -0.3 is 4.98 Å². The Balaban J connectivity index is 2.06. The maximum atomic E-state index is 3.64. The summed E-state index contributed by atoms with van der Waals surface area (Å²) in [7, 11) is 0. The fourth-order valence-electron chi connectivity index (χ4n) is 3.56. The van der Waals surface area contributed by atoms with Gasteiger partial charge in [0.15, 0.2) is 0 Å². The molecule has 1 nitrogen and oxygen atoms in total. The van der Waals surface area contributed by atoms with Gasteiger partial charge in [0.1, 0.15) is 0 Å². The van der Waals surface area contributed by atoms with Crippen LogP contribution in [0.1, 0.15) is 0 Å². The van der Waals surface area contributed by atoms with Gasteiger partial charge in [-0.15, -0.1) is 0 Å². The summed E-state index contributed by atoms with van der Waals surface area (Å²) in [4.78, 5) is 3.64. The zero-order chi connectivity index (χ0) is 15.2. The van der Waals surface area contributed by atoms with Gasteiger partial charge in [0, 0.05) is 21.9 Å². The molecule has 0 spiro atoms. The Kier molecular flexibility index (Phi) is 2.56. The quantitative estimate of drug-likeness (QED) is 0.382. The normalized spacial score (nSPS) is 11.5. The van der Waals surface area contributed by atoms with Crippen LogP contribution >= 0.6 is 0 Å². The molecule has 0 amide bonds. The minimum Gasteiger partial charge on any atom is -0.354 e. The Morgan fingerprint density at radius 2 is 1.26 bits per heavy atom. The topological polar surface area (TPSA) is 15.8 Å². The maximum Gasteiger partial charge on any atom is 0.0551 e. The Bertz CT molecular complexity index is 1150. The third-order valence-corrected chi connectivity index (χ3v) is 4.59. The second kappa shape index (κ2) is 4.72. The second-order valence-electron chi connectivity index (χ2n) is 5.93. The molecule has 0 radical (unpaired) electrons. The number of para-hydroxylation sites is 1. The number of rotatable bonds is 1. The molecule has 5 aromatic rings. The Morgan fingerprint density at radius 1 is 0.565 bits per heavy atom. The van der Waals surface area contributed by atoms with Crippen molar-refractivity contribution in [2.24, 2.45) is 0 Å². The van der Waals surface area contributed by atoms with Gasteiger partial charge in [-0.2, -0.15) is 0 Å². The molecule has 0 aliphatic heterocycles. The van der Waals surface area contributed by atoms with Crippen molar-refractivity contribution < 1.29 is 0 Å². The lowest BCUT2D eigenvalue weighted by atomic mass is 9.95. The molecule has 0 fully saturated rings. The van der Waals surface area contributed by atoms with Crippen molar-refractivity contribution in [1.29, 1.82) is 0 Å². The molecule has 108 valence electrons. The summed E-state index contributed by atoms with van der Waals surface area (Å²) in [6.45, 7) is 0. The molecule has 1 aromatic heterocycles. The van der Waals surface area contributed by atoms with Crippen LogP contribution in [0.25, 0.3) is 43.7 Å². The van der Waals surface area contributed by atoms with Crippen molar-refractivity contribution >= 4 is 32.6 Å². The fourth-order valence-corrected chi connectivity index (χ4v) is 3.56. The monoisotopic (exact) mass is 293 g/mol. The van der Waals surface area contributed by atoms with E-state index in [-0.39, 0.29) is 0 Å².